The molecule has 0 heterocycles. The Hall–Kier alpha value is -1.95. The Bertz CT molecular complexity index is 861. The summed E-state index contributed by atoms with van der Waals surface area (Å²) in [6.07, 6.45) is 0.439. The molecule has 156 valence electrons. The van der Waals surface area contributed by atoms with Gasteiger partial charge in [-0.05, 0) is 43.2 Å². The number of rotatable bonds is 9. The number of hydrogen-bond donors (Lipinski definition) is 1. The van der Waals surface area contributed by atoms with E-state index >= 15 is 0 Å². The van der Waals surface area contributed by atoms with E-state index in [0.717, 1.165) is 0 Å². The van der Waals surface area contributed by atoms with Gasteiger partial charge >= 0.3 is 0 Å². The molecule has 0 aliphatic heterocycles. The number of amides is 2. The molecule has 8 heteroatoms. The summed E-state index contributed by atoms with van der Waals surface area (Å²) in [6, 6.07) is 11.3. The number of carbonyl (C=O) groups is 2. The smallest absolute Gasteiger partial charge is 0.261 e. The van der Waals surface area contributed by atoms with Crippen LogP contribution in [-0.4, -0.2) is 35.9 Å². The number of nitrogens with zero attached hydrogens (tertiary/aromatic N) is 1. The van der Waals surface area contributed by atoms with Gasteiger partial charge in [0.15, 0.2) is 6.61 Å². The van der Waals surface area contributed by atoms with E-state index in [1.165, 1.54) is 4.90 Å². The Balaban J connectivity index is 2.25. The van der Waals surface area contributed by atoms with Gasteiger partial charge < -0.3 is 15.0 Å². The van der Waals surface area contributed by atoms with Crippen LogP contribution in [0.3, 0.4) is 0 Å². The Morgan fingerprint density at radius 1 is 1.07 bits per heavy atom. The molecule has 0 aromatic heterocycles. The zero-order chi connectivity index (χ0) is 21.4. The highest BCUT2D eigenvalue weighted by Gasteiger charge is 2.29. The van der Waals surface area contributed by atoms with Crippen LogP contribution in [0.15, 0.2) is 42.5 Å². The lowest BCUT2D eigenvalue weighted by atomic mass is 10.1. The Labute approximate surface area is 185 Å². The number of carbonyl (C=O) groups excluding carboxylic acids is 2. The third-order valence-electron chi connectivity index (χ3n) is 4.28. The van der Waals surface area contributed by atoms with Crippen LogP contribution in [0.25, 0.3) is 0 Å². The van der Waals surface area contributed by atoms with E-state index in [0.29, 0.717) is 39.3 Å². The maximum absolute atomic E-state index is 13.0. The van der Waals surface area contributed by atoms with Gasteiger partial charge in [0.1, 0.15) is 11.8 Å². The van der Waals surface area contributed by atoms with Crippen molar-refractivity contribution in [1.82, 2.24) is 10.2 Å². The van der Waals surface area contributed by atoms with Crippen LogP contribution in [-0.2, 0) is 16.1 Å². The van der Waals surface area contributed by atoms with Crippen molar-refractivity contribution >= 4 is 46.6 Å². The molecule has 1 N–H and O–H groups in total. The number of likely N-dealkylation sites (N-methyl/N-ethyl adjacent to an activating group) is 1. The molecule has 29 heavy (non-hydrogen) atoms. The molecule has 0 aliphatic carbocycles. The molecule has 5 nitrogen and oxygen atoms in total. The van der Waals surface area contributed by atoms with Gasteiger partial charge in [0.05, 0.1) is 5.02 Å². The molecule has 2 rings (SSSR count). The maximum Gasteiger partial charge on any atom is 0.261 e. The third kappa shape index (κ3) is 6.53. The first-order chi connectivity index (χ1) is 13.9. The second kappa shape index (κ2) is 11.3. The fourth-order valence-electron chi connectivity index (χ4n) is 2.83. The van der Waals surface area contributed by atoms with Crippen LogP contribution in [0.4, 0.5) is 0 Å². The summed E-state index contributed by atoms with van der Waals surface area (Å²) >= 11 is 18.3. The van der Waals surface area contributed by atoms with Crippen molar-refractivity contribution in [3.8, 4) is 5.75 Å². The van der Waals surface area contributed by atoms with Crippen LogP contribution in [0.1, 0.15) is 25.8 Å². The highest BCUT2D eigenvalue weighted by molar-refractivity contribution is 6.35. The first kappa shape index (κ1) is 23.3. The monoisotopic (exact) mass is 456 g/mol. The van der Waals surface area contributed by atoms with Crippen molar-refractivity contribution in [3.63, 3.8) is 0 Å². The van der Waals surface area contributed by atoms with Crippen molar-refractivity contribution in [2.24, 2.45) is 0 Å². The van der Waals surface area contributed by atoms with Crippen LogP contribution in [0.5, 0.6) is 5.75 Å². The molecule has 0 unspecified atom stereocenters. The van der Waals surface area contributed by atoms with Crippen molar-refractivity contribution in [1.29, 1.82) is 0 Å². The summed E-state index contributed by atoms with van der Waals surface area (Å²) in [5.74, 6) is -0.182. The first-order valence-electron chi connectivity index (χ1n) is 9.25. The van der Waals surface area contributed by atoms with Crippen molar-refractivity contribution < 1.29 is 14.3 Å². The molecule has 0 saturated heterocycles. The van der Waals surface area contributed by atoms with E-state index in [1.807, 2.05) is 13.8 Å². The predicted octanol–water partition coefficient (Wildman–Crippen LogP) is 4.97. The molecule has 0 bridgehead atoms. The molecular weight excluding hydrogens is 435 g/mol. The average molecular weight is 458 g/mol. The number of ether oxygens (including phenoxy) is 1. The number of para-hydroxylation sites is 1. The largest absolute Gasteiger partial charge is 0.482 e. The van der Waals surface area contributed by atoms with Crippen molar-refractivity contribution in [2.75, 3.05) is 13.2 Å². The quantitative estimate of drug-likeness (QED) is 0.578. The number of halogens is 3. The molecule has 0 fully saturated rings. The Kier molecular flexibility index (Phi) is 9.08. The molecule has 2 aromatic carbocycles. The van der Waals surface area contributed by atoms with Gasteiger partial charge in [-0.15, -0.1) is 0 Å². The van der Waals surface area contributed by atoms with Gasteiger partial charge in [0, 0.05) is 23.1 Å². The van der Waals surface area contributed by atoms with E-state index in [1.54, 1.807) is 42.5 Å². The summed E-state index contributed by atoms with van der Waals surface area (Å²) in [5.41, 5.74) is 0.685. The molecule has 0 radical (unpaired) electrons. The molecule has 0 saturated carbocycles. The lowest BCUT2D eigenvalue weighted by Gasteiger charge is -2.30. The molecule has 0 spiro atoms. The number of benzene rings is 2. The molecule has 1 atom stereocenters. The lowest BCUT2D eigenvalue weighted by molar-refractivity contribution is -0.142. The Morgan fingerprint density at radius 2 is 1.79 bits per heavy atom. The summed E-state index contributed by atoms with van der Waals surface area (Å²) in [6.45, 7) is 4.03. The fourth-order valence-corrected chi connectivity index (χ4v) is 3.49. The number of nitrogens with one attached hydrogen (secondary N) is 1. The average Bonchev–Trinajstić information content (AvgIpc) is 2.68. The van der Waals surface area contributed by atoms with Gasteiger partial charge in [0.25, 0.3) is 5.91 Å². The highest BCUT2D eigenvalue weighted by atomic mass is 35.5. The van der Waals surface area contributed by atoms with Crippen LogP contribution in [0, 0.1) is 0 Å². The lowest BCUT2D eigenvalue weighted by Crippen LogP contribution is -2.50. The minimum atomic E-state index is -0.663. The topological polar surface area (TPSA) is 58.6 Å². The van der Waals surface area contributed by atoms with Crippen molar-refractivity contribution in [2.45, 2.75) is 32.9 Å². The van der Waals surface area contributed by atoms with Gasteiger partial charge in [-0.25, -0.2) is 0 Å². The second-order valence-electron chi connectivity index (χ2n) is 6.30. The minimum absolute atomic E-state index is 0.149. The predicted molar refractivity (Wildman–Crippen MR) is 117 cm³/mol. The standard InChI is InChI=1S/C21H23Cl3N2O3/c1-3-18(21(28)25-4-2)26(12-14-9-10-15(22)11-17(14)24)20(27)13-29-19-8-6-5-7-16(19)23/h5-11,18H,3-4,12-13H2,1-2H3,(H,25,28)/t18-/m1/s1. The normalized spacial score (nSPS) is 11.6. The number of hydrogen-bond acceptors (Lipinski definition) is 3. The van der Waals surface area contributed by atoms with E-state index in [2.05, 4.69) is 5.32 Å². The fraction of sp³-hybridized carbons (Fsp3) is 0.333. The van der Waals surface area contributed by atoms with Gasteiger partial charge in [-0.2, -0.15) is 0 Å². The van der Waals surface area contributed by atoms with E-state index in [-0.39, 0.29) is 25.0 Å². The second-order valence-corrected chi connectivity index (χ2v) is 7.55. The molecule has 0 aliphatic rings. The summed E-state index contributed by atoms with van der Waals surface area (Å²) < 4.78 is 5.59. The van der Waals surface area contributed by atoms with E-state index in [4.69, 9.17) is 39.5 Å². The first-order valence-corrected chi connectivity index (χ1v) is 10.4. The molecule has 2 aromatic rings. The summed E-state index contributed by atoms with van der Waals surface area (Å²) in [7, 11) is 0. The van der Waals surface area contributed by atoms with Crippen molar-refractivity contribution in [3.05, 3.63) is 63.1 Å². The third-order valence-corrected chi connectivity index (χ3v) is 5.18. The van der Waals surface area contributed by atoms with Crippen LogP contribution >= 0.6 is 34.8 Å². The summed E-state index contributed by atoms with van der Waals surface area (Å²) in [5, 5.41) is 4.10. The highest BCUT2D eigenvalue weighted by Crippen LogP contribution is 2.25. The van der Waals surface area contributed by atoms with Gasteiger partial charge in [-0.3, -0.25) is 9.59 Å². The van der Waals surface area contributed by atoms with Crippen LogP contribution in [0.2, 0.25) is 15.1 Å². The minimum Gasteiger partial charge on any atom is -0.482 e. The molecule has 2 amide bonds. The van der Waals surface area contributed by atoms with E-state index in [9.17, 15) is 9.59 Å². The zero-order valence-electron chi connectivity index (χ0n) is 16.3. The Morgan fingerprint density at radius 3 is 2.41 bits per heavy atom. The SMILES string of the molecule is CCNC(=O)[C@@H](CC)N(Cc1ccc(Cl)cc1Cl)C(=O)COc1ccccc1Cl. The van der Waals surface area contributed by atoms with Gasteiger partial charge in [-0.1, -0.05) is 59.9 Å². The molecular formula is C21H23Cl3N2O3. The van der Waals surface area contributed by atoms with Crippen LogP contribution < -0.4 is 10.1 Å². The van der Waals surface area contributed by atoms with E-state index < -0.39 is 6.04 Å². The maximum atomic E-state index is 13.0. The van der Waals surface area contributed by atoms with Gasteiger partial charge in [0.2, 0.25) is 5.91 Å². The zero-order valence-corrected chi connectivity index (χ0v) is 18.5. The summed E-state index contributed by atoms with van der Waals surface area (Å²) in [4.78, 5) is 27.1.